The number of aryl methyl sites for hydroxylation is 1. The monoisotopic (exact) mass is 513 g/mol. The second kappa shape index (κ2) is 9.52. The third-order valence-electron chi connectivity index (χ3n) is 6.18. The number of hydrogen-bond donors (Lipinski definition) is 0. The van der Waals surface area contributed by atoms with Gasteiger partial charge in [0.15, 0.2) is 5.13 Å². The Morgan fingerprint density at radius 2 is 1.94 bits per heavy atom. The SMILES string of the molecule is Cc1ccc2nc(N(Cc3ccco3)C(=O)C3CCN(S(=O)(=O)c4ccccc4F)CC3)sc2c1. The molecule has 3 heterocycles. The number of amides is 1. The van der Waals surface area contributed by atoms with E-state index in [1.54, 1.807) is 23.3 Å². The van der Waals surface area contributed by atoms with Crippen LogP contribution in [0, 0.1) is 18.7 Å². The number of benzene rings is 2. The largest absolute Gasteiger partial charge is 0.467 e. The molecule has 0 unspecified atom stereocenters. The van der Waals surface area contributed by atoms with E-state index in [9.17, 15) is 17.6 Å². The van der Waals surface area contributed by atoms with Crippen molar-refractivity contribution >= 4 is 42.6 Å². The summed E-state index contributed by atoms with van der Waals surface area (Å²) < 4.78 is 47.8. The fourth-order valence-corrected chi connectivity index (χ4v) is 6.89. The van der Waals surface area contributed by atoms with Crippen LogP contribution < -0.4 is 4.90 Å². The molecule has 10 heteroatoms. The van der Waals surface area contributed by atoms with Crippen molar-refractivity contribution in [1.82, 2.24) is 9.29 Å². The van der Waals surface area contributed by atoms with Crippen LogP contribution in [0.2, 0.25) is 0 Å². The van der Waals surface area contributed by atoms with Gasteiger partial charge < -0.3 is 4.42 Å². The normalized spacial score (nSPS) is 15.5. The lowest BCUT2D eigenvalue weighted by atomic mass is 9.96. The molecule has 7 nitrogen and oxygen atoms in total. The van der Waals surface area contributed by atoms with E-state index >= 15 is 0 Å². The van der Waals surface area contributed by atoms with Crippen LogP contribution in [-0.4, -0.2) is 36.7 Å². The molecule has 0 saturated carbocycles. The van der Waals surface area contributed by atoms with Gasteiger partial charge >= 0.3 is 0 Å². The Morgan fingerprint density at radius 1 is 1.17 bits per heavy atom. The van der Waals surface area contributed by atoms with Crippen molar-refractivity contribution in [3.05, 3.63) is 78.0 Å². The number of hydrogen-bond acceptors (Lipinski definition) is 6. The number of fused-ring (bicyclic) bond motifs is 1. The van der Waals surface area contributed by atoms with Crippen LogP contribution in [0.4, 0.5) is 9.52 Å². The van der Waals surface area contributed by atoms with E-state index < -0.39 is 15.8 Å². The molecule has 4 aromatic rings. The second-order valence-corrected chi connectivity index (χ2v) is 11.5. The van der Waals surface area contributed by atoms with Gasteiger partial charge in [0.05, 0.1) is 23.0 Å². The van der Waals surface area contributed by atoms with Crippen molar-refractivity contribution in [3.8, 4) is 0 Å². The van der Waals surface area contributed by atoms with E-state index in [4.69, 9.17) is 4.42 Å². The lowest BCUT2D eigenvalue weighted by molar-refractivity contribution is -0.123. The topological polar surface area (TPSA) is 83.7 Å². The van der Waals surface area contributed by atoms with Crippen LogP contribution in [0.3, 0.4) is 0 Å². The van der Waals surface area contributed by atoms with Crippen molar-refractivity contribution in [2.24, 2.45) is 5.92 Å². The van der Waals surface area contributed by atoms with Gasteiger partial charge in [-0.25, -0.2) is 17.8 Å². The number of nitrogens with zero attached hydrogens (tertiary/aromatic N) is 3. The summed E-state index contributed by atoms with van der Waals surface area (Å²) in [6, 6.07) is 14.9. The molecule has 0 spiro atoms. The second-order valence-electron chi connectivity index (χ2n) is 8.58. The number of sulfonamides is 1. The van der Waals surface area contributed by atoms with Crippen molar-refractivity contribution in [2.45, 2.75) is 31.2 Å². The first kappa shape index (κ1) is 23.7. The number of aromatic nitrogens is 1. The number of anilines is 1. The van der Waals surface area contributed by atoms with Gasteiger partial charge in [-0.05, 0) is 61.7 Å². The Labute approximate surface area is 206 Å². The van der Waals surface area contributed by atoms with Gasteiger partial charge in [0.25, 0.3) is 0 Å². The molecule has 182 valence electrons. The highest BCUT2D eigenvalue weighted by Crippen LogP contribution is 2.33. The smallest absolute Gasteiger partial charge is 0.245 e. The molecule has 0 atom stereocenters. The summed E-state index contributed by atoms with van der Waals surface area (Å²) in [6.45, 7) is 2.52. The maximum atomic E-state index is 14.2. The first-order chi connectivity index (χ1) is 16.8. The Balaban J connectivity index is 1.37. The van der Waals surface area contributed by atoms with E-state index in [2.05, 4.69) is 4.98 Å². The number of furan rings is 1. The van der Waals surface area contributed by atoms with E-state index in [1.807, 2.05) is 25.1 Å². The molecule has 2 aromatic heterocycles. The Hall–Kier alpha value is -3.08. The first-order valence-electron chi connectivity index (χ1n) is 11.3. The van der Waals surface area contributed by atoms with Crippen LogP contribution >= 0.6 is 11.3 Å². The molecule has 2 aromatic carbocycles. The standard InChI is InChI=1S/C25H24FN3O4S2/c1-17-8-9-21-22(15-17)34-25(27-21)29(16-19-5-4-14-33-19)24(30)18-10-12-28(13-11-18)35(31,32)23-7-3-2-6-20(23)26/h2-9,14-15,18H,10-13,16H2,1H3. The van der Waals surface area contributed by atoms with E-state index in [-0.39, 0.29) is 36.4 Å². The fraction of sp³-hybridized carbons (Fsp3) is 0.280. The summed E-state index contributed by atoms with van der Waals surface area (Å²) in [6.07, 6.45) is 2.24. The summed E-state index contributed by atoms with van der Waals surface area (Å²) >= 11 is 1.44. The third-order valence-corrected chi connectivity index (χ3v) is 9.15. The summed E-state index contributed by atoms with van der Waals surface area (Å²) in [5, 5.41) is 0.577. The molecule has 1 fully saturated rings. The molecule has 0 radical (unpaired) electrons. The van der Waals surface area contributed by atoms with Gasteiger partial charge in [0.1, 0.15) is 16.5 Å². The first-order valence-corrected chi connectivity index (χ1v) is 13.5. The van der Waals surface area contributed by atoms with Crippen molar-refractivity contribution in [2.75, 3.05) is 18.0 Å². The van der Waals surface area contributed by atoms with Crippen LogP contribution in [0.5, 0.6) is 0 Å². The van der Waals surface area contributed by atoms with E-state index in [1.165, 1.54) is 33.8 Å². The van der Waals surface area contributed by atoms with E-state index in [0.29, 0.717) is 23.7 Å². The predicted molar refractivity (Wildman–Crippen MR) is 132 cm³/mol. The number of thiazole rings is 1. The Bertz CT molecular complexity index is 1460. The highest BCUT2D eigenvalue weighted by Gasteiger charge is 2.36. The van der Waals surface area contributed by atoms with Gasteiger partial charge in [-0.1, -0.05) is 29.5 Å². The highest BCUT2D eigenvalue weighted by atomic mass is 32.2. The molecule has 1 amide bonds. The number of carbonyl (C=O) groups excluding carboxylic acids is 1. The van der Waals surface area contributed by atoms with Gasteiger partial charge in [0.2, 0.25) is 15.9 Å². The van der Waals surface area contributed by atoms with Crippen LogP contribution in [0.1, 0.15) is 24.2 Å². The van der Waals surface area contributed by atoms with Crippen molar-refractivity contribution in [1.29, 1.82) is 0 Å². The summed E-state index contributed by atoms with van der Waals surface area (Å²) in [4.78, 5) is 19.7. The van der Waals surface area contributed by atoms with Gasteiger partial charge in [0, 0.05) is 19.0 Å². The molecular formula is C25H24FN3O4S2. The number of rotatable bonds is 6. The van der Waals surface area contributed by atoms with Crippen molar-refractivity contribution in [3.63, 3.8) is 0 Å². The minimum absolute atomic E-state index is 0.125. The molecule has 1 aliphatic heterocycles. The average molecular weight is 514 g/mol. The molecular weight excluding hydrogens is 489 g/mol. The quantitative estimate of drug-likeness (QED) is 0.364. The lowest BCUT2D eigenvalue weighted by Gasteiger charge is -2.32. The Kier molecular flexibility index (Phi) is 6.43. The molecule has 0 aliphatic carbocycles. The summed E-state index contributed by atoms with van der Waals surface area (Å²) in [5.41, 5.74) is 1.93. The average Bonchev–Trinajstić information content (AvgIpc) is 3.52. The zero-order valence-corrected chi connectivity index (χ0v) is 20.7. The number of carbonyl (C=O) groups is 1. The number of piperidine rings is 1. The van der Waals surface area contributed by atoms with Gasteiger partial charge in [-0.3, -0.25) is 9.69 Å². The minimum Gasteiger partial charge on any atom is -0.467 e. The zero-order chi connectivity index (χ0) is 24.6. The van der Waals surface area contributed by atoms with E-state index in [0.717, 1.165) is 21.8 Å². The molecule has 35 heavy (non-hydrogen) atoms. The molecule has 0 N–H and O–H groups in total. The molecule has 1 saturated heterocycles. The third kappa shape index (κ3) is 4.73. The minimum atomic E-state index is -3.97. The Morgan fingerprint density at radius 3 is 2.66 bits per heavy atom. The van der Waals surface area contributed by atoms with Crippen LogP contribution in [0.15, 0.2) is 70.2 Å². The highest BCUT2D eigenvalue weighted by molar-refractivity contribution is 7.89. The zero-order valence-electron chi connectivity index (χ0n) is 19.1. The predicted octanol–water partition coefficient (Wildman–Crippen LogP) is 4.97. The lowest BCUT2D eigenvalue weighted by Crippen LogP contribution is -2.44. The van der Waals surface area contributed by atoms with Crippen LogP contribution in [0.25, 0.3) is 10.2 Å². The van der Waals surface area contributed by atoms with Gasteiger partial charge in [-0.2, -0.15) is 4.31 Å². The molecule has 0 bridgehead atoms. The van der Waals surface area contributed by atoms with Crippen LogP contribution in [-0.2, 0) is 21.4 Å². The molecule has 5 rings (SSSR count). The van der Waals surface area contributed by atoms with Crippen molar-refractivity contribution < 1.29 is 22.0 Å². The fourth-order valence-electron chi connectivity index (χ4n) is 4.29. The summed E-state index contributed by atoms with van der Waals surface area (Å²) in [5.74, 6) is -0.652. The number of halogens is 1. The van der Waals surface area contributed by atoms with Gasteiger partial charge in [-0.15, -0.1) is 0 Å². The molecule has 1 aliphatic rings. The maximum Gasteiger partial charge on any atom is 0.245 e. The summed E-state index contributed by atoms with van der Waals surface area (Å²) in [7, 11) is -3.97. The maximum absolute atomic E-state index is 14.2.